The predicted octanol–water partition coefficient (Wildman–Crippen LogP) is 3.15. The maximum absolute atomic E-state index is 12.4. The van der Waals surface area contributed by atoms with Crippen LogP contribution in [0, 0.1) is 0 Å². The van der Waals surface area contributed by atoms with Crippen molar-refractivity contribution in [1.29, 1.82) is 0 Å². The molecule has 3 aromatic carbocycles. The van der Waals surface area contributed by atoms with Crippen LogP contribution < -0.4 is 10.0 Å². The molecule has 1 aliphatic heterocycles. The smallest absolute Gasteiger partial charge is 0.263 e. The lowest BCUT2D eigenvalue weighted by molar-refractivity contribution is -0.121. The first-order valence-electron chi connectivity index (χ1n) is 9.39. The second kappa shape index (κ2) is 7.67. The van der Waals surface area contributed by atoms with Crippen LogP contribution >= 0.6 is 0 Å². The highest BCUT2D eigenvalue weighted by Gasteiger charge is 2.29. The molecule has 6 nitrogen and oxygen atoms in total. The van der Waals surface area contributed by atoms with Gasteiger partial charge < -0.3 is 5.32 Å². The Morgan fingerprint density at radius 3 is 2.62 bits per heavy atom. The van der Waals surface area contributed by atoms with E-state index in [0.29, 0.717) is 5.56 Å². The monoisotopic (exact) mass is 407 g/mol. The quantitative estimate of drug-likeness (QED) is 0.681. The van der Waals surface area contributed by atoms with Crippen molar-refractivity contribution in [3.8, 4) is 0 Å². The van der Waals surface area contributed by atoms with Gasteiger partial charge in [-0.3, -0.25) is 14.5 Å². The van der Waals surface area contributed by atoms with Crippen LogP contribution in [0.15, 0.2) is 76.6 Å². The third-order valence-electron chi connectivity index (χ3n) is 4.94. The highest BCUT2D eigenvalue weighted by molar-refractivity contribution is 7.90. The van der Waals surface area contributed by atoms with Crippen LogP contribution in [0.2, 0.25) is 0 Å². The molecular formula is C22H21N3O3S. The number of rotatable bonds is 5. The van der Waals surface area contributed by atoms with Gasteiger partial charge in [-0.05, 0) is 35.4 Å². The summed E-state index contributed by atoms with van der Waals surface area (Å²) in [6, 6.07) is 20.6. The van der Waals surface area contributed by atoms with Crippen molar-refractivity contribution in [2.75, 3.05) is 6.54 Å². The molecule has 3 aromatic rings. The number of hydrogen-bond donors (Lipinski definition) is 2. The van der Waals surface area contributed by atoms with Crippen LogP contribution in [0.1, 0.15) is 30.5 Å². The lowest BCUT2D eigenvalue weighted by atomic mass is 9.99. The molecule has 1 heterocycles. The lowest BCUT2D eigenvalue weighted by Gasteiger charge is -2.16. The van der Waals surface area contributed by atoms with E-state index < -0.39 is 10.0 Å². The van der Waals surface area contributed by atoms with Crippen molar-refractivity contribution in [2.45, 2.75) is 24.3 Å². The summed E-state index contributed by atoms with van der Waals surface area (Å²) < 4.78 is 26.6. The van der Waals surface area contributed by atoms with E-state index in [-0.39, 0.29) is 35.6 Å². The number of carbonyl (C=O) groups is 1. The Labute approximate surface area is 169 Å². The number of amides is 1. The zero-order valence-electron chi connectivity index (χ0n) is 15.9. The van der Waals surface area contributed by atoms with E-state index in [4.69, 9.17) is 0 Å². The van der Waals surface area contributed by atoms with Gasteiger partial charge in [-0.1, -0.05) is 54.6 Å². The molecule has 0 fully saturated rings. The van der Waals surface area contributed by atoms with E-state index in [1.807, 2.05) is 49.4 Å². The molecule has 0 aliphatic carbocycles. The fourth-order valence-corrected chi connectivity index (χ4v) is 4.79. The van der Waals surface area contributed by atoms with Crippen molar-refractivity contribution in [1.82, 2.24) is 10.0 Å². The minimum Gasteiger partial charge on any atom is -0.350 e. The second-order valence-electron chi connectivity index (χ2n) is 6.94. The molecule has 0 aromatic heterocycles. The van der Waals surface area contributed by atoms with E-state index >= 15 is 0 Å². The number of aliphatic imine (C=N–C) groups is 1. The highest BCUT2D eigenvalue weighted by Crippen LogP contribution is 2.24. The summed E-state index contributed by atoms with van der Waals surface area (Å²) in [6.45, 7) is 2.15. The first-order chi connectivity index (χ1) is 14.0. The fourth-order valence-electron chi connectivity index (χ4n) is 3.54. The van der Waals surface area contributed by atoms with Crippen molar-refractivity contribution in [3.05, 3.63) is 77.9 Å². The van der Waals surface area contributed by atoms with Crippen LogP contribution in [-0.4, -0.2) is 26.7 Å². The van der Waals surface area contributed by atoms with Crippen LogP contribution in [0.25, 0.3) is 10.8 Å². The van der Waals surface area contributed by atoms with Crippen molar-refractivity contribution < 1.29 is 13.2 Å². The Bertz CT molecular complexity index is 1210. The Kier molecular flexibility index (Phi) is 5.07. The van der Waals surface area contributed by atoms with Gasteiger partial charge in [0.1, 0.15) is 5.84 Å². The number of nitrogens with zero attached hydrogens (tertiary/aromatic N) is 1. The first-order valence-corrected chi connectivity index (χ1v) is 10.9. The summed E-state index contributed by atoms with van der Waals surface area (Å²) in [6.07, 6.45) is 0.169. The number of hydrogen-bond acceptors (Lipinski definition) is 4. The molecule has 0 saturated heterocycles. The SMILES string of the molecule is CC(NC(=O)CCN=C1NS(=O)(=O)c2ccccc21)c1cccc2ccccc12. The molecule has 4 rings (SSSR count). The van der Waals surface area contributed by atoms with Crippen LogP contribution in [0.5, 0.6) is 0 Å². The van der Waals surface area contributed by atoms with Gasteiger partial charge in [-0.15, -0.1) is 0 Å². The third kappa shape index (κ3) is 3.86. The van der Waals surface area contributed by atoms with Gasteiger partial charge in [-0.2, -0.15) is 0 Å². The van der Waals surface area contributed by atoms with E-state index in [2.05, 4.69) is 15.0 Å². The lowest BCUT2D eigenvalue weighted by Crippen LogP contribution is -2.27. The minimum atomic E-state index is -3.56. The number of fused-ring (bicyclic) bond motifs is 2. The second-order valence-corrected chi connectivity index (χ2v) is 8.59. The van der Waals surface area contributed by atoms with Gasteiger partial charge in [0.2, 0.25) is 5.91 Å². The number of nitrogens with one attached hydrogen (secondary N) is 2. The zero-order valence-corrected chi connectivity index (χ0v) is 16.7. The largest absolute Gasteiger partial charge is 0.350 e. The maximum atomic E-state index is 12.4. The van der Waals surface area contributed by atoms with Crippen LogP contribution in [-0.2, 0) is 14.8 Å². The first kappa shape index (κ1) is 19.1. The summed E-state index contributed by atoms with van der Waals surface area (Å²) in [7, 11) is -3.56. The van der Waals surface area contributed by atoms with Gasteiger partial charge >= 0.3 is 0 Å². The summed E-state index contributed by atoms with van der Waals surface area (Å²) in [4.78, 5) is 16.9. The molecule has 7 heteroatoms. The van der Waals surface area contributed by atoms with Crippen LogP contribution in [0.4, 0.5) is 0 Å². The number of sulfonamides is 1. The minimum absolute atomic E-state index is 0.135. The van der Waals surface area contributed by atoms with E-state index in [1.54, 1.807) is 24.3 Å². The number of amidine groups is 1. The number of carbonyl (C=O) groups excluding carboxylic acids is 1. The van der Waals surface area contributed by atoms with Crippen molar-refractivity contribution in [2.24, 2.45) is 4.99 Å². The standard InChI is InChI=1S/C22H21N3O3S/c1-15(17-11-6-8-16-7-2-3-9-18(16)17)24-21(26)13-14-23-22-19-10-4-5-12-20(19)29(27,28)25-22/h2-12,15H,13-14H2,1H3,(H,23,25)(H,24,26). The van der Waals surface area contributed by atoms with E-state index in [1.165, 1.54) is 0 Å². The maximum Gasteiger partial charge on any atom is 0.263 e. The molecular weight excluding hydrogens is 386 g/mol. The van der Waals surface area contributed by atoms with Gasteiger partial charge in [0, 0.05) is 12.0 Å². The third-order valence-corrected chi connectivity index (χ3v) is 6.34. The molecule has 1 amide bonds. The number of benzene rings is 3. The van der Waals surface area contributed by atoms with Gasteiger partial charge in [-0.25, -0.2) is 8.42 Å². The molecule has 1 unspecified atom stereocenters. The summed E-state index contributed by atoms with van der Waals surface area (Å²) in [5.41, 5.74) is 1.59. The van der Waals surface area contributed by atoms with Crippen LogP contribution in [0.3, 0.4) is 0 Å². The molecule has 0 spiro atoms. The van der Waals surface area contributed by atoms with E-state index in [0.717, 1.165) is 16.3 Å². The predicted molar refractivity (Wildman–Crippen MR) is 113 cm³/mol. The molecule has 148 valence electrons. The van der Waals surface area contributed by atoms with Crippen molar-refractivity contribution in [3.63, 3.8) is 0 Å². The van der Waals surface area contributed by atoms with E-state index in [9.17, 15) is 13.2 Å². The topological polar surface area (TPSA) is 87.6 Å². The summed E-state index contributed by atoms with van der Waals surface area (Å²) >= 11 is 0. The Morgan fingerprint density at radius 2 is 1.76 bits per heavy atom. The zero-order chi connectivity index (χ0) is 20.4. The Balaban J connectivity index is 1.41. The van der Waals surface area contributed by atoms with Gasteiger partial charge in [0.25, 0.3) is 10.0 Å². The molecule has 0 radical (unpaired) electrons. The molecule has 2 N–H and O–H groups in total. The average Bonchev–Trinajstić information content (AvgIpc) is 2.98. The summed E-state index contributed by atoms with van der Waals surface area (Å²) in [5, 5.41) is 5.24. The van der Waals surface area contributed by atoms with Gasteiger partial charge in [0.15, 0.2) is 0 Å². The normalized spacial score (nSPS) is 16.9. The molecule has 0 saturated carbocycles. The molecule has 1 aliphatic rings. The Morgan fingerprint density at radius 1 is 1.03 bits per heavy atom. The molecule has 29 heavy (non-hydrogen) atoms. The van der Waals surface area contributed by atoms with Crippen molar-refractivity contribution >= 4 is 32.5 Å². The highest BCUT2D eigenvalue weighted by atomic mass is 32.2. The average molecular weight is 407 g/mol. The molecule has 0 bridgehead atoms. The Hall–Kier alpha value is -3.19. The van der Waals surface area contributed by atoms with Gasteiger partial charge in [0.05, 0.1) is 17.5 Å². The molecule has 1 atom stereocenters. The summed E-state index contributed by atoms with van der Waals surface area (Å²) in [5.74, 6) is 0.152. The fraction of sp³-hybridized carbons (Fsp3) is 0.182.